The second-order valence-electron chi connectivity index (χ2n) is 12.5. The van der Waals surface area contributed by atoms with Crippen molar-refractivity contribution < 1.29 is 101 Å². The van der Waals surface area contributed by atoms with Gasteiger partial charge in [0.25, 0.3) is 0 Å². The summed E-state index contributed by atoms with van der Waals surface area (Å²) in [4.78, 5) is 97.9. The maximum absolute atomic E-state index is 12.6. The van der Waals surface area contributed by atoms with E-state index in [4.69, 9.17) is 57.6 Å². The molecule has 20 nitrogen and oxygen atoms in total. The van der Waals surface area contributed by atoms with Crippen molar-refractivity contribution in [3.05, 3.63) is 0 Å². The molecule has 2 fully saturated rings. The molecule has 318 valence electrons. The number of carbonyl (C=O) groups is 8. The third-order valence-corrected chi connectivity index (χ3v) is 8.01. The Kier molecular flexibility index (Phi) is 17.9. The molecule has 0 bridgehead atoms. The lowest BCUT2D eigenvalue weighted by molar-refractivity contribution is -0.334. The summed E-state index contributed by atoms with van der Waals surface area (Å²) < 4.78 is 96.0. The fraction of sp³-hybridized carbons (Fsp3) is 0.778. The van der Waals surface area contributed by atoms with Crippen LogP contribution in [0.25, 0.3) is 0 Å². The largest absolute Gasteiger partial charge is 0.469 e. The Morgan fingerprint density at radius 2 is 0.893 bits per heavy atom. The van der Waals surface area contributed by atoms with Gasteiger partial charge in [0.1, 0.15) is 18.8 Å². The van der Waals surface area contributed by atoms with Gasteiger partial charge in [0.05, 0.1) is 13.7 Å². The van der Waals surface area contributed by atoms with Gasteiger partial charge in [-0.2, -0.15) is 0 Å². The maximum Gasteiger partial charge on any atom is 0.305 e. The first-order valence-corrected chi connectivity index (χ1v) is 17.6. The van der Waals surface area contributed by atoms with Crippen LogP contribution in [0.1, 0.15) is 98.8 Å². The average Bonchev–Trinajstić information content (AvgIpc) is 3.21. The van der Waals surface area contributed by atoms with Crippen molar-refractivity contribution in [2.45, 2.75) is 155 Å². The van der Waals surface area contributed by atoms with Crippen molar-refractivity contribution in [2.75, 3.05) is 26.9 Å². The van der Waals surface area contributed by atoms with Crippen molar-refractivity contribution in [1.82, 2.24) is 0 Å². The Morgan fingerprint density at radius 1 is 0.482 bits per heavy atom. The fourth-order valence-electron chi connectivity index (χ4n) is 5.87. The van der Waals surface area contributed by atoms with Crippen LogP contribution in [0.15, 0.2) is 0 Å². The van der Waals surface area contributed by atoms with Crippen LogP contribution in [0.3, 0.4) is 0 Å². The number of methoxy groups -OCH3 is 1. The summed E-state index contributed by atoms with van der Waals surface area (Å²) >= 11 is 0. The zero-order chi connectivity index (χ0) is 44.8. The molecule has 10 atom stereocenters. The molecule has 2 aliphatic heterocycles. The number of hydrogen-bond acceptors (Lipinski definition) is 20. The van der Waals surface area contributed by atoms with Crippen molar-refractivity contribution in [1.29, 1.82) is 0 Å². The van der Waals surface area contributed by atoms with Crippen molar-refractivity contribution in [3.8, 4) is 0 Å². The molecule has 2 aliphatic rings. The van der Waals surface area contributed by atoms with Gasteiger partial charge in [-0.25, -0.2) is 0 Å². The normalized spacial score (nSPS) is 28.1. The molecule has 0 aromatic rings. The van der Waals surface area contributed by atoms with Crippen LogP contribution < -0.4 is 0 Å². The zero-order valence-electron chi connectivity index (χ0n) is 35.8. The van der Waals surface area contributed by atoms with E-state index in [1.165, 1.54) is 7.11 Å². The van der Waals surface area contributed by atoms with E-state index in [0.717, 1.165) is 40.0 Å². The van der Waals surface area contributed by atoms with Gasteiger partial charge in [-0.1, -0.05) is 25.7 Å². The molecule has 0 aromatic carbocycles. The summed E-state index contributed by atoms with van der Waals surface area (Å²) in [6.45, 7) is -2.00. The Hall–Kier alpha value is -4.40. The summed E-state index contributed by atoms with van der Waals surface area (Å²) in [6, 6.07) is 0. The topological polar surface area (TPSA) is 247 Å². The quantitative estimate of drug-likeness (QED) is 0.0906. The van der Waals surface area contributed by atoms with Crippen LogP contribution in [0.2, 0.25) is 0 Å². The molecule has 2 rings (SSSR count). The molecular formula is C36H54O20. The molecule has 2 saturated heterocycles. The number of unbranched alkanes of at least 4 members (excludes halogenated alkanes) is 5. The van der Waals surface area contributed by atoms with E-state index in [1.54, 1.807) is 0 Å². The Morgan fingerprint density at radius 3 is 1.41 bits per heavy atom. The molecule has 0 radical (unpaired) electrons. The molecule has 0 spiro atoms. The predicted octanol–water partition coefficient (Wildman–Crippen LogP) is 1.53. The highest BCUT2D eigenvalue weighted by Gasteiger charge is 2.55. The first-order valence-electron chi connectivity index (χ1n) is 20.4. The Labute approximate surface area is 330 Å². The van der Waals surface area contributed by atoms with Crippen LogP contribution in [0.4, 0.5) is 0 Å². The molecular weight excluding hydrogens is 752 g/mol. The van der Waals surface area contributed by atoms with Crippen LogP contribution in [0, 0.1) is 0 Å². The van der Waals surface area contributed by atoms with Gasteiger partial charge in [0, 0.05) is 66.9 Å². The van der Waals surface area contributed by atoms with Gasteiger partial charge < -0.3 is 56.8 Å². The second kappa shape index (κ2) is 24.3. The molecule has 0 N–H and O–H groups in total. The van der Waals surface area contributed by atoms with Gasteiger partial charge in [0.2, 0.25) is 0 Å². The van der Waals surface area contributed by atoms with E-state index in [-0.39, 0.29) is 12.6 Å². The monoisotopic (exact) mass is 810 g/mol. The predicted molar refractivity (Wildman–Crippen MR) is 184 cm³/mol. The van der Waals surface area contributed by atoms with Crippen molar-refractivity contribution in [2.24, 2.45) is 0 Å². The maximum atomic E-state index is 12.6. The summed E-state index contributed by atoms with van der Waals surface area (Å²) in [5.74, 6) is -7.56. The molecule has 0 saturated carbocycles. The van der Waals surface area contributed by atoms with E-state index >= 15 is 0 Å². The van der Waals surface area contributed by atoms with Crippen molar-refractivity contribution in [3.63, 3.8) is 0 Å². The fourth-order valence-corrected chi connectivity index (χ4v) is 5.87. The van der Waals surface area contributed by atoms with Crippen LogP contribution >= 0.6 is 0 Å². The number of esters is 8. The number of carbonyl (C=O) groups excluding carboxylic acids is 8. The first kappa shape index (κ1) is 41.2. The lowest BCUT2D eigenvalue weighted by Gasteiger charge is -2.46. The van der Waals surface area contributed by atoms with Crippen LogP contribution in [-0.2, 0) is 95.2 Å². The highest BCUT2D eigenvalue weighted by atomic mass is 16.8. The minimum atomic E-state index is -1.88. The highest BCUT2D eigenvalue weighted by Crippen LogP contribution is 2.33. The summed E-state index contributed by atoms with van der Waals surface area (Å²) in [7, 11) is 1.32. The van der Waals surface area contributed by atoms with Gasteiger partial charge in [-0.05, 0) is 12.8 Å². The molecule has 56 heavy (non-hydrogen) atoms. The summed E-state index contributed by atoms with van der Waals surface area (Å²) in [5, 5.41) is 0. The van der Waals surface area contributed by atoms with Gasteiger partial charge in [-0.15, -0.1) is 0 Å². The SMILES string of the molecule is [2H]CC(=O)OC[C@H]1OC(OC[C@H]2O[C@H](OCCCCCCCCC(=O)OC)[C@H](OC(C)=O)[C@@H](OC(C)=O)[C@@H]2OC(C)=O)[C@H](OC(=O)C[2H])[C@@H](OC(=O)C[2H])[C@H]1OC(=O)C[2H]. The molecule has 2 heterocycles. The zero-order valence-corrected chi connectivity index (χ0v) is 31.8. The number of hydrogen-bond donors (Lipinski definition) is 0. The Balaban J connectivity index is 2.49. The van der Waals surface area contributed by atoms with Crippen molar-refractivity contribution >= 4 is 47.8 Å². The number of ether oxygens (including phenoxy) is 12. The third-order valence-electron chi connectivity index (χ3n) is 8.01. The molecule has 20 heteroatoms. The summed E-state index contributed by atoms with van der Waals surface area (Å²) in [6.07, 6.45) is -12.0. The van der Waals surface area contributed by atoms with Gasteiger partial charge >= 0.3 is 47.8 Å². The highest BCUT2D eigenvalue weighted by molar-refractivity contribution is 5.70. The van der Waals surface area contributed by atoms with Gasteiger partial charge in [0.15, 0.2) is 49.2 Å². The molecule has 1 unspecified atom stereocenters. The van der Waals surface area contributed by atoms with E-state index in [2.05, 4.69) is 4.74 Å². The minimum absolute atomic E-state index is 0.0419. The average molecular weight is 811 g/mol. The second-order valence-corrected chi connectivity index (χ2v) is 12.5. The third kappa shape index (κ3) is 16.8. The number of rotatable bonds is 21. The minimum Gasteiger partial charge on any atom is -0.469 e. The smallest absolute Gasteiger partial charge is 0.305 e. The summed E-state index contributed by atoms with van der Waals surface area (Å²) in [5.41, 5.74) is 0. The van der Waals surface area contributed by atoms with E-state index in [0.29, 0.717) is 25.7 Å². The van der Waals surface area contributed by atoms with Crippen LogP contribution in [0.5, 0.6) is 0 Å². The lowest BCUT2D eigenvalue weighted by Crippen LogP contribution is -2.65. The first-order chi connectivity index (χ1) is 28.6. The van der Waals surface area contributed by atoms with Crippen LogP contribution in [-0.4, -0.2) is 136 Å². The van der Waals surface area contributed by atoms with E-state index in [1.807, 2.05) is 0 Å². The molecule has 0 aliphatic carbocycles. The van der Waals surface area contributed by atoms with E-state index in [9.17, 15) is 38.4 Å². The Bertz CT molecular complexity index is 1440. The van der Waals surface area contributed by atoms with E-state index < -0.39 is 144 Å². The standard InChI is InChI=1S/C36H54O20/c1-19(37)47-17-26-29(49-20(2)38)32(52-23(5)41)34(54-25(7)43)36(56-26)48-18-27-30(50-21(3)39)31(51-22(4)40)33(53-24(6)42)35(55-27)46-16-14-12-10-9-11-13-15-28(44)45-8/h26-27,29-36H,9-18H2,1-8H3/t26-,27-,29+,30-,31+,32+,33-,34-,35+,36?/m1/s1/i1D,2D,5D,7D. The lowest BCUT2D eigenvalue weighted by atomic mass is 9.97. The molecule has 0 amide bonds. The van der Waals surface area contributed by atoms with Gasteiger partial charge in [-0.3, -0.25) is 38.4 Å². The molecule has 0 aromatic heterocycles.